The summed E-state index contributed by atoms with van der Waals surface area (Å²) >= 11 is 0. The molecular formula is C16H24N2O2. The van der Waals surface area contributed by atoms with Crippen LogP contribution in [0.1, 0.15) is 43.1 Å². The van der Waals surface area contributed by atoms with E-state index >= 15 is 0 Å². The number of hydrogen-bond donors (Lipinski definition) is 2. The lowest BCUT2D eigenvalue weighted by Gasteiger charge is -2.31. The number of hydrogen-bond acceptors (Lipinski definition) is 3. The van der Waals surface area contributed by atoms with E-state index in [9.17, 15) is 4.79 Å². The maximum Gasteiger partial charge on any atom is 0.251 e. The van der Waals surface area contributed by atoms with Crippen LogP contribution in [-0.2, 0) is 6.42 Å². The SMILES string of the molecule is CC(C)(C)C(CCN)NC(=O)c1ccc2c(c1)CCO2. The average molecular weight is 276 g/mol. The van der Waals surface area contributed by atoms with Crippen molar-refractivity contribution >= 4 is 5.91 Å². The van der Waals surface area contributed by atoms with Crippen molar-refractivity contribution in [3.8, 4) is 5.75 Å². The van der Waals surface area contributed by atoms with Crippen LogP contribution in [0.3, 0.4) is 0 Å². The Labute approximate surface area is 120 Å². The normalized spacial score (nSPS) is 15.4. The summed E-state index contributed by atoms with van der Waals surface area (Å²) in [6, 6.07) is 5.71. The number of nitrogens with two attached hydrogens (primary N) is 1. The molecule has 0 aromatic heterocycles. The molecule has 0 saturated carbocycles. The van der Waals surface area contributed by atoms with Crippen molar-refractivity contribution in [1.82, 2.24) is 5.32 Å². The number of carbonyl (C=O) groups excluding carboxylic acids is 1. The Morgan fingerprint density at radius 1 is 1.45 bits per heavy atom. The van der Waals surface area contributed by atoms with Crippen LogP contribution in [-0.4, -0.2) is 25.1 Å². The number of rotatable bonds is 4. The van der Waals surface area contributed by atoms with Crippen LogP contribution in [0.2, 0.25) is 0 Å². The number of carbonyl (C=O) groups is 1. The second kappa shape index (κ2) is 5.83. The fraction of sp³-hybridized carbons (Fsp3) is 0.562. The Morgan fingerprint density at radius 3 is 2.85 bits per heavy atom. The average Bonchev–Trinajstić information content (AvgIpc) is 2.84. The third-order valence-electron chi connectivity index (χ3n) is 3.76. The minimum Gasteiger partial charge on any atom is -0.493 e. The summed E-state index contributed by atoms with van der Waals surface area (Å²) in [4.78, 5) is 12.4. The van der Waals surface area contributed by atoms with Gasteiger partial charge in [-0.25, -0.2) is 0 Å². The van der Waals surface area contributed by atoms with E-state index in [2.05, 4.69) is 26.1 Å². The molecule has 1 atom stereocenters. The summed E-state index contributed by atoms with van der Waals surface area (Å²) in [5, 5.41) is 3.11. The first-order chi connectivity index (χ1) is 9.41. The number of ether oxygens (including phenoxy) is 1. The highest BCUT2D eigenvalue weighted by Crippen LogP contribution is 2.26. The largest absolute Gasteiger partial charge is 0.493 e. The molecule has 0 fully saturated rings. The zero-order valence-electron chi connectivity index (χ0n) is 12.5. The van der Waals surface area contributed by atoms with E-state index in [4.69, 9.17) is 10.5 Å². The summed E-state index contributed by atoms with van der Waals surface area (Å²) < 4.78 is 5.46. The van der Waals surface area contributed by atoms with Crippen LogP contribution in [0.4, 0.5) is 0 Å². The van der Waals surface area contributed by atoms with E-state index in [0.717, 1.165) is 24.2 Å². The third-order valence-corrected chi connectivity index (χ3v) is 3.76. The summed E-state index contributed by atoms with van der Waals surface area (Å²) in [5.74, 6) is 0.865. The molecule has 4 nitrogen and oxygen atoms in total. The maximum absolute atomic E-state index is 12.4. The molecule has 0 bridgehead atoms. The second-order valence-electron chi connectivity index (χ2n) is 6.39. The van der Waals surface area contributed by atoms with Gasteiger partial charge in [-0.2, -0.15) is 0 Å². The molecule has 1 heterocycles. The molecule has 0 aliphatic carbocycles. The highest BCUT2D eigenvalue weighted by molar-refractivity contribution is 5.94. The first-order valence-electron chi connectivity index (χ1n) is 7.18. The molecular weight excluding hydrogens is 252 g/mol. The molecule has 110 valence electrons. The minimum atomic E-state index is -0.0342. The van der Waals surface area contributed by atoms with Crippen LogP contribution < -0.4 is 15.8 Å². The van der Waals surface area contributed by atoms with Crippen molar-refractivity contribution in [3.63, 3.8) is 0 Å². The van der Waals surface area contributed by atoms with E-state index in [-0.39, 0.29) is 17.4 Å². The Morgan fingerprint density at radius 2 is 2.20 bits per heavy atom. The van der Waals surface area contributed by atoms with E-state index in [1.165, 1.54) is 0 Å². The van der Waals surface area contributed by atoms with Crippen molar-refractivity contribution in [2.24, 2.45) is 11.1 Å². The zero-order valence-corrected chi connectivity index (χ0v) is 12.5. The number of amides is 1. The lowest BCUT2D eigenvalue weighted by Crippen LogP contribution is -2.44. The number of nitrogens with one attached hydrogen (secondary N) is 1. The van der Waals surface area contributed by atoms with E-state index in [1.54, 1.807) is 0 Å². The predicted molar refractivity (Wildman–Crippen MR) is 80.0 cm³/mol. The topological polar surface area (TPSA) is 64.3 Å². The van der Waals surface area contributed by atoms with E-state index in [1.807, 2.05) is 18.2 Å². The quantitative estimate of drug-likeness (QED) is 0.885. The highest BCUT2D eigenvalue weighted by atomic mass is 16.5. The van der Waals surface area contributed by atoms with Crippen LogP contribution >= 0.6 is 0 Å². The van der Waals surface area contributed by atoms with Gasteiger partial charge in [0.2, 0.25) is 0 Å². The van der Waals surface area contributed by atoms with Crippen molar-refractivity contribution < 1.29 is 9.53 Å². The first kappa shape index (κ1) is 14.9. The fourth-order valence-corrected chi connectivity index (χ4v) is 2.46. The van der Waals surface area contributed by atoms with Crippen LogP contribution in [0, 0.1) is 5.41 Å². The van der Waals surface area contributed by atoms with Crippen molar-refractivity contribution in [2.75, 3.05) is 13.2 Å². The molecule has 0 saturated heterocycles. The van der Waals surface area contributed by atoms with Gasteiger partial charge in [0.1, 0.15) is 5.75 Å². The van der Waals surface area contributed by atoms with Gasteiger partial charge in [0.05, 0.1) is 6.61 Å². The van der Waals surface area contributed by atoms with Gasteiger partial charge in [-0.05, 0) is 42.1 Å². The molecule has 1 unspecified atom stereocenters. The number of benzene rings is 1. The summed E-state index contributed by atoms with van der Waals surface area (Å²) in [6.07, 6.45) is 1.66. The summed E-state index contributed by atoms with van der Waals surface area (Å²) in [5.41, 5.74) is 7.45. The van der Waals surface area contributed by atoms with Crippen LogP contribution in [0.15, 0.2) is 18.2 Å². The molecule has 1 amide bonds. The molecule has 1 aromatic carbocycles. The van der Waals surface area contributed by atoms with Gasteiger partial charge in [-0.1, -0.05) is 20.8 Å². The molecule has 2 rings (SSSR count). The molecule has 3 N–H and O–H groups in total. The Bertz CT molecular complexity index is 492. The fourth-order valence-electron chi connectivity index (χ4n) is 2.46. The first-order valence-corrected chi connectivity index (χ1v) is 7.18. The van der Waals surface area contributed by atoms with Gasteiger partial charge in [-0.15, -0.1) is 0 Å². The van der Waals surface area contributed by atoms with Gasteiger partial charge < -0.3 is 15.8 Å². The third kappa shape index (κ3) is 3.31. The molecule has 20 heavy (non-hydrogen) atoms. The summed E-state index contributed by atoms with van der Waals surface area (Å²) in [7, 11) is 0. The highest BCUT2D eigenvalue weighted by Gasteiger charge is 2.26. The van der Waals surface area contributed by atoms with Crippen LogP contribution in [0.5, 0.6) is 5.75 Å². The molecule has 0 spiro atoms. The van der Waals surface area contributed by atoms with Gasteiger partial charge in [0.25, 0.3) is 5.91 Å². The van der Waals surface area contributed by atoms with Gasteiger partial charge in [0, 0.05) is 18.0 Å². The standard InChI is InChI=1S/C16H24N2O2/c1-16(2,3)14(6-8-17)18-15(19)12-4-5-13-11(10-12)7-9-20-13/h4-5,10,14H,6-9,17H2,1-3H3,(H,18,19). The lowest BCUT2D eigenvalue weighted by molar-refractivity contribution is 0.0899. The Kier molecular flexibility index (Phi) is 4.33. The predicted octanol–water partition coefficient (Wildman–Crippen LogP) is 2.11. The smallest absolute Gasteiger partial charge is 0.251 e. The van der Waals surface area contributed by atoms with E-state index < -0.39 is 0 Å². The lowest BCUT2D eigenvalue weighted by atomic mass is 9.84. The molecule has 1 aromatic rings. The van der Waals surface area contributed by atoms with Gasteiger partial charge in [0.15, 0.2) is 0 Å². The Hall–Kier alpha value is -1.55. The molecule has 1 aliphatic heterocycles. The summed E-state index contributed by atoms with van der Waals surface area (Å²) in [6.45, 7) is 7.62. The van der Waals surface area contributed by atoms with Crippen molar-refractivity contribution in [1.29, 1.82) is 0 Å². The van der Waals surface area contributed by atoms with Crippen molar-refractivity contribution in [3.05, 3.63) is 29.3 Å². The Balaban J connectivity index is 2.11. The molecule has 1 aliphatic rings. The molecule has 4 heteroatoms. The van der Waals surface area contributed by atoms with Gasteiger partial charge >= 0.3 is 0 Å². The van der Waals surface area contributed by atoms with Gasteiger partial charge in [-0.3, -0.25) is 4.79 Å². The monoisotopic (exact) mass is 276 g/mol. The van der Waals surface area contributed by atoms with Crippen LogP contribution in [0.25, 0.3) is 0 Å². The molecule has 0 radical (unpaired) electrons. The van der Waals surface area contributed by atoms with Crippen molar-refractivity contribution in [2.45, 2.75) is 39.7 Å². The zero-order chi connectivity index (χ0) is 14.8. The minimum absolute atomic E-state index is 0.00509. The van der Waals surface area contributed by atoms with E-state index in [0.29, 0.717) is 18.7 Å². The second-order valence-corrected chi connectivity index (χ2v) is 6.39. The number of fused-ring (bicyclic) bond motifs is 1. The maximum atomic E-state index is 12.4.